The molecular formula is C14H11NO2S. The van der Waals surface area contributed by atoms with Crippen LogP contribution < -0.4 is 0 Å². The van der Waals surface area contributed by atoms with Gasteiger partial charge in [0.15, 0.2) is 5.58 Å². The second-order valence-electron chi connectivity index (χ2n) is 3.82. The lowest BCUT2D eigenvalue weighted by Gasteiger charge is -2.02. The molecule has 0 aliphatic rings. The van der Waals surface area contributed by atoms with E-state index in [4.69, 9.17) is 4.42 Å². The van der Waals surface area contributed by atoms with Crippen LogP contribution in [0, 0.1) is 0 Å². The number of aliphatic hydroxyl groups is 1. The van der Waals surface area contributed by atoms with Crippen LogP contribution in [-0.4, -0.2) is 10.1 Å². The van der Waals surface area contributed by atoms with Crippen LogP contribution in [-0.2, 0) is 6.61 Å². The molecule has 18 heavy (non-hydrogen) atoms. The van der Waals surface area contributed by atoms with Crippen molar-refractivity contribution in [2.45, 2.75) is 16.7 Å². The molecule has 2 aromatic carbocycles. The van der Waals surface area contributed by atoms with Gasteiger partial charge in [-0.2, -0.15) is 0 Å². The first-order chi connectivity index (χ1) is 8.86. The third-order valence-corrected chi connectivity index (χ3v) is 3.58. The van der Waals surface area contributed by atoms with Gasteiger partial charge in [-0.3, -0.25) is 0 Å². The molecule has 0 saturated heterocycles. The predicted octanol–water partition coefficient (Wildman–Crippen LogP) is 3.47. The van der Waals surface area contributed by atoms with Crippen molar-refractivity contribution in [1.82, 2.24) is 4.98 Å². The number of fused-ring (bicyclic) bond motifs is 1. The molecule has 3 aromatic rings. The number of aromatic nitrogens is 1. The SMILES string of the molecule is OCc1ccccc1Sc1nc2ccccc2o1. The lowest BCUT2D eigenvalue weighted by atomic mass is 10.2. The van der Waals surface area contributed by atoms with Gasteiger partial charge >= 0.3 is 0 Å². The molecule has 0 amide bonds. The molecule has 0 unspecified atom stereocenters. The highest BCUT2D eigenvalue weighted by atomic mass is 32.2. The minimum absolute atomic E-state index is 0.0173. The van der Waals surface area contributed by atoms with Crippen molar-refractivity contribution in [3.05, 3.63) is 54.1 Å². The number of oxazole rings is 1. The third-order valence-electron chi connectivity index (χ3n) is 2.61. The van der Waals surface area contributed by atoms with Crippen LogP contribution in [0.4, 0.5) is 0 Å². The minimum Gasteiger partial charge on any atom is -0.431 e. The van der Waals surface area contributed by atoms with Crippen LogP contribution in [0.2, 0.25) is 0 Å². The Bertz CT molecular complexity index is 645. The quantitative estimate of drug-likeness (QED) is 0.780. The van der Waals surface area contributed by atoms with E-state index in [2.05, 4.69) is 4.98 Å². The van der Waals surface area contributed by atoms with E-state index in [0.717, 1.165) is 21.6 Å². The van der Waals surface area contributed by atoms with Crippen molar-refractivity contribution >= 4 is 22.9 Å². The molecule has 0 aliphatic heterocycles. The zero-order valence-electron chi connectivity index (χ0n) is 9.54. The molecule has 0 bridgehead atoms. The zero-order chi connectivity index (χ0) is 12.4. The number of hydrogen-bond acceptors (Lipinski definition) is 4. The topological polar surface area (TPSA) is 46.3 Å². The van der Waals surface area contributed by atoms with E-state index in [1.165, 1.54) is 11.8 Å². The molecule has 0 saturated carbocycles. The smallest absolute Gasteiger partial charge is 0.261 e. The number of para-hydroxylation sites is 2. The lowest BCUT2D eigenvalue weighted by molar-refractivity contribution is 0.279. The zero-order valence-corrected chi connectivity index (χ0v) is 10.4. The molecule has 1 aromatic heterocycles. The van der Waals surface area contributed by atoms with Crippen molar-refractivity contribution in [2.75, 3.05) is 0 Å². The van der Waals surface area contributed by atoms with Gasteiger partial charge in [0.05, 0.1) is 6.61 Å². The summed E-state index contributed by atoms with van der Waals surface area (Å²) >= 11 is 1.43. The Morgan fingerprint density at radius 3 is 2.67 bits per heavy atom. The Labute approximate surface area is 108 Å². The molecule has 1 N–H and O–H groups in total. The predicted molar refractivity (Wildman–Crippen MR) is 70.5 cm³/mol. The summed E-state index contributed by atoms with van der Waals surface area (Å²) in [4.78, 5) is 5.36. The van der Waals surface area contributed by atoms with E-state index in [1.807, 2.05) is 48.5 Å². The largest absolute Gasteiger partial charge is 0.431 e. The fourth-order valence-electron chi connectivity index (χ4n) is 1.72. The van der Waals surface area contributed by atoms with E-state index >= 15 is 0 Å². The first-order valence-corrected chi connectivity index (χ1v) is 6.40. The van der Waals surface area contributed by atoms with Gasteiger partial charge in [0.1, 0.15) is 5.52 Å². The molecule has 4 heteroatoms. The summed E-state index contributed by atoms with van der Waals surface area (Å²) in [6, 6.07) is 15.3. The first-order valence-electron chi connectivity index (χ1n) is 5.59. The number of rotatable bonds is 3. The summed E-state index contributed by atoms with van der Waals surface area (Å²) in [6.45, 7) is 0.0173. The fourth-order valence-corrected chi connectivity index (χ4v) is 2.60. The van der Waals surface area contributed by atoms with E-state index in [9.17, 15) is 5.11 Å². The first kappa shape index (κ1) is 11.3. The van der Waals surface area contributed by atoms with Gasteiger partial charge in [0.2, 0.25) is 0 Å². The number of hydrogen-bond donors (Lipinski definition) is 1. The second kappa shape index (κ2) is 4.84. The molecule has 1 heterocycles. The summed E-state index contributed by atoms with van der Waals surface area (Å²) in [5.74, 6) is 0. The molecule has 3 rings (SSSR count). The van der Waals surface area contributed by atoms with Gasteiger partial charge in [-0.15, -0.1) is 0 Å². The number of benzene rings is 2. The van der Waals surface area contributed by atoms with Gasteiger partial charge in [0, 0.05) is 4.90 Å². The Morgan fingerprint density at radius 1 is 1.06 bits per heavy atom. The second-order valence-corrected chi connectivity index (χ2v) is 4.81. The van der Waals surface area contributed by atoms with Crippen molar-refractivity contribution in [3.63, 3.8) is 0 Å². The van der Waals surface area contributed by atoms with Crippen LogP contribution >= 0.6 is 11.8 Å². The fraction of sp³-hybridized carbons (Fsp3) is 0.0714. The number of aliphatic hydroxyl groups excluding tert-OH is 1. The van der Waals surface area contributed by atoms with Crippen molar-refractivity contribution < 1.29 is 9.52 Å². The monoisotopic (exact) mass is 257 g/mol. The van der Waals surface area contributed by atoms with Crippen LogP contribution in [0.1, 0.15) is 5.56 Å². The Balaban J connectivity index is 1.96. The average Bonchev–Trinajstić information content (AvgIpc) is 2.81. The Morgan fingerprint density at radius 2 is 1.83 bits per heavy atom. The van der Waals surface area contributed by atoms with Crippen molar-refractivity contribution in [1.29, 1.82) is 0 Å². The summed E-state index contributed by atoms with van der Waals surface area (Å²) in [6.07, 6.45) is 0. The molecule has 0 spiro atoms. The highest BCUT2D eigenvalue weighted by molar-refractivity contribution is 7.99. The summed E-state index contributed by atoms with van der Waals surface area (Å²) < 4.78 is 5.64. The standard InChI is InChI=1S/C14H11NO2S/c16-9-10-5-1-4-8-13(10)18-14-15-11-6-2-3-7-12(11)17-14/h1-8,16H,9H2. The van der Waals surface area contributed by atoms with Gasteiger partial charge in [0.25, 0.3) is 5.22 Å². The molecule has 0 radical (unpaired) electrons. The van der Waals surface area contributed by atoms with Gasteiger partial charge in [-0.05, 0) is 35.5 Å². The van der Waals surface area contributed by atoms with E-state index in [-0.39, 0.29) is 6.61 Å². The highest BCUT2D eigenvalue weighted by Crippen LogP contribution is 2.31. The number of nitrogens with zero attached hydrogens (tertiary/aromatic N) is 1. The van der Waals surface area contributed by atoms with Crippen molar-refractivity contribution in [2.24, 2.45) is 0 Å². The van der Waals surface area contributed by atoms with Gasteiger partial charge < -0.3 is 9.52 Å². The van der Waals surface area contributed by atoms with E-state index < -0.39 is 0 Å². The van der Waals surface area contributed by atoms with Crippen LogP contribution in [0.25, 0.3) is 11.1 Å². The summed E-state index contributed by atoms with van der Waals surface area (Å²) in [5.41, 5.74) is 2.51. The molecule has 0 atom stereocenters. The lowest BCUT2D eigenvalue weighted by Crippen LogP contribution is -1.86. The average molecular weight is 257 g/mol. The highest BCUT2D eigenvalue weighted by Gasteiger charge is 2.09. The summed E-state index contributed by atoms with van der Waals surface area (Å²) in [5, 5.41) is 9.87. The van der Waals surface area contributed by atoms with E-state index in [0.29, 0.717) is 5.22 Å². The maximum atomic E-state index is 9.27. The van der Waals surface area contributed by atoms with Crippen LogP contribution in [0.3, 0.4) is 0 Å². The molecular weight excluding hydrogens is 246 g/mol. The van der Waals surface area contributed by atoms with E-state index in [1.54, 1.807) is 0 Å². The summed E-state index contributed by atoms with van der Waals surface area (Å²) in [7, 11) is 0. The molecule has 0 aliphatic carbocycles. The molecule has 0 fully saturated rings. The maximum absolute atomic E-state index is 9.27. The maximum Gasteiger partial charge on any atom is 0.261 e. The molecule has 90 valence electrons. The third kappa shape index (κ3) is 2.12. The van der Waals surface area contributed by atoms with Crippen LogP contribution in [0.5, 0.6) is 0 Å². The Hall–Kier alpha value is -1.78. The Kier molecular flexibility index (Phi) is 3.04. The minimum atomic E-state index is 0.0173. The van der Waals surface area contributed by atoms with Gasteiger partial charge in [-0.1, -0.05) is 30.3 Å². The molecule has 3 nitrogen and oxygen atoms in total. The van der Waals surface area contributed by atoms with Crippen molar-refractivity contribution in [3.8, 4) is 0 Å². The van der Waals surface area contributed by atoms with Gasteiger partial charge in [-0.25, -0.2) is 4.98 Å². The normalized spacial score (nSPS) is 10.9. The van der Waals surface area contributed by atoms with Crippen LogP contribution in [0.15, 0.2) is 63.1 Å².